The summed E-state index contributed by atoms with van der Waals surface area (Å²) in [4.78, 5) is 0. The molecule has 8 heavy (non-hydrogen) atoms. The smallest absolute Gasteiger partial charge is 0.00737 e. The van der Waals surface area contributed by atoms with E-state index in [-0.39, 0.29) is 12.4 Å². The van der Waals surface area contributed by atoms with Crippen LogP contribution in [0.5, 0.6) is 0 Å². The molecule has 2 fully saturated rings. The van der Waals surface area contributed by atoms with E-state index in [1.807, 2.05) is 0 Å². The molecule has 0 aliphatic heterocycles. The van der Waals surface area contributed by atoms with Gasteiger partial charge in [0.25, 0.3) is 0 Å². The van der Waals surface area contributed by atoms with Crippen molar-refractivity contribution in [3.05, 3.63) is 0 Å². The molecule has 2 aliphatic rings. The molecule has 2 rings (SSSR count). The topological polar surface area (TPSA) is 26.0 Å². The molecule has 2 N–H and O–H groups in total. The van der Waals surface area contributed by atoms with E-state index < -0.39 is 0 Å². The van der Waals surface area contributed by atoms with Gasteiger partial charge in [-0.15, -0.1) is 12.4 Å². The fourth-order valence-corrected chi connectivity index (χ4v) is 1.30. The highest BCUT2D eigenvalue weighted by molar-refractivity contribution is 5.85. The van der Waals surface area contributed by atoms with Crippen LogP contribution in [0.3, 0.4) is 0 Å². The second-order valence-electron chi connectivity index (χ2n) is 2.90. The Labute approximate surface area is 56.0 Å². The average Bonchev–Trinajstić information content (AvgIpc) is 2.23. The maximum Gasteiger partial charge on any atom is 0.00737 e. The second kappa shape index (κ2) is 1.89. The zero-order valence-corrected chi connectivity index (χ0v) is 5.66. The first kappa shape index (κ1) is 6.37. The third kappa shape index (κ3) is 0.981. The Hall–Kier alpha value is 0.250. The summed E-state index contributed by atoms with van der Waals surface area (Å²) in [6.07, 6.45) is 4.27. The van der Waals surface area contributed by atoms with E-state index in [0.29, 0.717) is 6.04 Å². The van der Waals surface area contributed by atoms with E-state index in [1.54, 1.807) is 0 Å². The first-order chi connectivity index (χ1) is 3.38. The Kier molecular flexibility index (Phi) is 1.50. The van der Waals surface area contributed by atoms with Gasteiger partial charge < -0.3 is 5.73 Å². The number of nitrogens with two attached hydrogens (primary N) is 1. The minimum absolute atomic E-state index is 0. The highest BCUT2D eigenvalue weighted by Gasteiger charge is 2.44. The molecular formula is C6H12ClN. The molecule has 0 radical (unpaired) electrons. The van der Waals surface area contributed by atoms with Crippen LogP contribution in [0.1, 0.15) is 19.3 Å². The van der Waals surface area contributed by atoms with Crippen molar-refractivity contribution < 1.29 is 0 Å². The maximum absolute atomic E-state index is 5.61. The molecule has 0 amide bonds. The Morgan fingerprint density at radius 1 is 1.25 bits per heavy atom. The van der Waals surface area contributed by atoms with Crippen LogP contribution in [-0.4, -0.2) is 6.04 Å². The van der Waals surface area contributed by atoms with Crippen molar-refractivity contribution in [1.29, 1.82) is 0 Å². The molecule has 0 aromatic heterocycles. The summed E-state index contributed by atoms with van der Waals surface area (Å²) in [6, 6.07) is 0.604. The van der Waals surface area contributed by atoms with Crippen LogP contribution in [0.4, 0.5) is 0 Å². The minimum atomic E-state index is 0. The van der Waals surface area contributed by atoms with E-state index in [9.17, 15) is 0 Å². The molecule has 0 aromatic rings. The van der Waals surface area contributed by atoms with E-state index in [4.69, 9.17) is 5.73 Å². The van der Waals surface area contributed by atoms with E-state index in [1.165, 1.54) is 19.3 Å². The lowest BCUT2D eigenvalue weighted by Gasteiger charge is -1.83. The lowest BCUT2D eigenvalue weighted by molar-refractivity contribution is 0.686. The summed E-state index contributed by atoms with van der Waals surface area (Å²) < 4.78 is 0. The van der Waals surface area contributed by atoms with Crippen molar-refractivity contribution in [1.82, 2.24) is 0 Å². The summed E-state index contributed by atoms with van der Waals surface area (Å²) in [5, 5.41) is 0. The molecule has 0 bridgehead atoms. The quantitative estimate of drug-likeness (QED) is 0.571. The van der Waals surface area contributed by atoms with Crippen molar-refractivity contribution in [3.63, 3.8) is 0 Å². The highest BCUT2D eigenvalue weighted by Crippen LogP contribution is 2.48. The first-order valence-corrected chi connectivity index (χ1v) is 3.13. The second-order valence-corrected chi connectivity index (χ2v) is 2.90. The Morgan fingerprint density at radius 2 is 1.75 bits per heavy atom. The highest BCUT2D eigenvalue weighted by atomic mass is 35.5. The van der Waals surface area contributed by atoms with Gasteiger partial charge in [0.15, 0.2) is 0 Å². The summed E-state index contributed by atoms with van der Waals surface area (Å²) in [5.74, 6) is 2.02. The van der Waals surface area contributed by atoms with Crippen molar-refractivity contribution in [2.24, 2.45) is 17.6 Å². The summed E-state index contributed by atoms with van der Waals surface area (Å²) in [7, 11) is 0. The van der Waals surface area contributed by atoms with Crippen LogP contribution < -0.4 is 5.73 Å². The van der Waals surface area contributed by atoms with Gasteiger partial charge in [-0.1, -0.05) is 0 Å². The van der Waals surface area contributed by atoms with Gasteiger partial charge in [-0.25, -0.2) is 0 Å². The van der Waals surface area contributed by atoms with Crippen molar-refractivity contribution >= 4 is 12.4 Å². The fraction of sp³-hybridized carbons (Fsp3) is 1.00. The Morgan fingerprint density at radius 3 is 1.88 bits per heavy atom. The standard InChI is InChI=1S/C6H11N.ClH/c7-6-3-5(6)4-1-2-4;/h4-6H,1-3,7H2;1H/t5-,6+;/m1./s1. The summed E-state index contributed by atoms with van der Waals surface area (Å²) >= 11 is 0. The van der Waals surface area contributed by atoms with Gasteiger partial charge >= 0.3 is 0 Å². The molecule has 0 unspecified atom stereocenters. The van der Waals surface area contributed by atoms with E-state index in [2.05, 4.69) is 0 Å². The largest absolute Gasteiger partial charge is 0.327 e. The number of halogens is 1. The normalized spacial score (nSPS) is 43.1. The molecule has 48 valence electrons. The van der Waals surface area contributed by atoms with Gasteiger partial charge in [-0.05, 0) is 31.1 Å². The molecular weight excluding hydrogens is 122 g/mol. The van der Waals surface area contributed by atoms with Crippen LogP contribution in [0.2, 0.25) is 0 Å². The zero-order chi connectivity index (χ0) is 4.85. The summed E-state index contributed by atoms with van der Waals surface area (Å²) in [5.41, 5.74) is 5.61. The summed E-state index contributed by atoms with van der Waals surface area (Å²) in [6.45, 7) is 0. The predicted molar refractivity (Wildman–Crippen MR) is 36.1 cm³/mol. The number of rotatable bonds is 1. The molecule has 0 saturated heterocycles. The molecule has 2 saturated carbocycles. The van der Waals surface area contributed by atoms with Crippen molar-refractivity contribution in [2.45, 2.75) is 25.3 Å². The van der Waals surface area contributed by atoms with Crippen LogP contribution in [0.15, 0.2) is 0 Å². The molecule has 1 nitrogen and oxygen atoms in total. The molecule has 2 atom stereocenters. The third-order valence-electron chi connectivity index (χ3n) is 2.12. The van der Waals surface area contributed by atoms with E-state index in [0.717, 1.165) is 11.8 Å². The lowest BCUT2D eigenvalue weighted by atomic mass is 10.3. The zero-order valence-electron chi connectivity index (χ0n) is 4.84. The molecule has 2 heteroatoms. The van der Waals surface area contributed by atoms with Gasteiger partial charge in [0, 0.05) is 6.04 Å². The molecule has 0 heterocycles. The van der Waals surface area contributed by atoms with Crippen LogP contribution in [0.25, 0.3) is 0 Å². The van der Waals surface area contributed by atoms with Gasteiger partial charge in [-0.2, -0.15) is 0 Å². The van der Waals surface area contributed by atoms with Crippen LogP contribution in [0, 0.1) is 11.8 Å². The van der Waals surface area contributed by atoms with Crippen molar-refractivity contribution in [3.8, 4) is 0 Å². The predicted octanol–water partition coefficient (Wildman–Crippen LogP) is 1.17. The van der Waals surface area contributed by atoms with Crippen molar-refractivity contribution in [2.75, 3.05) is 0 Å². The molecule has 0 aromatic carbocycles. The Balaban J connectivity index is 0.000000320. The average molecular weight is 134 g/mol. The fourth-order valence-electron chi connectivity index (χ4n) is 1.30. The monoisotopic (exact) mass is 133 g/mol. The van der Waals surface area contributed by atoms with Crippen LogP contribution >= 0.6 is 12.4 Å². The van der Waals surface area contributed by atoms with Gasteiger partial charge in [-0.3, -0.25) is 0 Å². The Bertz CT molecular complexity index is 90.5. The van der Waals surface area contributed by atoms with E-state index >= 15 is 0 Å². The first-order valence-electron chi connectivity index (χ1n) is 3.13. The van der Waals surface area contributed by atoms with Gasteiger partial charge in [0.1, 0.15) is 0 Å². The SMILES string of the molecule is Cl.N[C@H]1C[C@@H]1C1CC1. The number of hydrogen-bond donors (Lipinski definition) is 1. The molecule has 2 aliphatic carbocycles. The third-order valence-corrected chi connectivity index (χ3v) is 2.12. The van der Waals surface area contributed by atoms with Gasteiger partial charge in [0.05, 0.1) is 0 Å². The van der Waals surface area contributed by atoms with Gasteiger partial charge in [0.2, 0.25) is 0 Å². The minimum Gasteiger partial charge on any atom is -0.327 e. The van der Waals surface area contributed by atoms with Crippen LogP contribution in [-0.2, 0) is 0 Å². The lowest BCUT2D eigenvalue weighted by Crippen LogP contribution is -2.02. The molecule has 0 spiro atoms. The maximum atomic E-state index is 5.61. The number of hydrogen-bond acceptors (Lipinski definition) is 1.